The van der Waals surface area contributed by atoms with Gasteiger partial charge in [-0.1, -0.05) is 46.6 Å². The minimum Gasteiger partial charge on any atom is -0.470 e. The van der Waals surface area contributed by atoms with Crippen LogP contribution in [-0.2, 0) is 51.4 Å². The second kappa shape index (κ2) is 29.6. The summed E-state index contributed by atoms with van der Waals surface area (Å²) in [7, 11) is 6.81. The van der Waals surface area contributed by atoms with Crippen molar-refractivity contribution in [2.24, 2.45) is 11.7 Å². The zero-order valence-corrected chi connectivity index (χ0v) is 33.7. The van der Waals surface area contributed by atoms with Gasteiger partial charge in [0, 0.05) is 50.3 Å². The lowest BCUT2D eigenvalue weighted by molar-refractivity contribution is -0.138. The highest BCUT2D eigenvalue weighted by Gasteiger charge is 2.28. The van der Waals surface area contributed by atoms with Gasteiger partial charge in [-0.25, -0.2) is 4.79 Å². The molecular weight excluding hydrogens is 737 g/mol. The van der Waals surface area contributed by atoms with Gasteiger partial charge in [-0.15, -0.1) is 12.8 Å². The summed E-state index contributed by atoms with van der Waals surface area (Å²) in [5, 5.41) is 10.2. The molecule has 0 unspecified atom stereocenters. The number of carbonyl (C=O) groups is 8. The van der Waals surface area contributed by atoms with Crippen molar-refractivity contribution in [3.63, 3.8) is 0 Å². The van der Waals surface area contributed by atoms with E-state index in [1.807, 2.05) is 13.8 Å². The molecule has 0 spiro atoms. The predicted octanol–water partition coefficient (Wildman–Crippen LogP) is 2.26. The first-order chi connectivity index (χ1) is 27.2. The molecule has 18 heteroatoms. The molecule has 57 heavy (non-hydrogen) atoms. The van der Waals surface area contributed by atoms with Gasteiger partial charge in [-0.3, -0.25) is 38.5 Å². The van der Waals surface area contributed by atoms with Crippen LogP contribution in [0.5, 0.6) is 0 Å². The van der Waals surface area contributed by atoms with Crippen molar-refractivity contribution in [3.8, 4) is 12.8 Å². The topological polar surface area (TPSA) is 236 Å². The SMILES string of the molecule is C#C.CC.CCC.[B]C(=O)OCc1ccc(NC(=O)[C@H](CCCNC(N)=O)NC(=O)CNC(=O)CCOCCN2C(=O)C=CC2=O)cc1CN(C)C(=O)C1CCC1. The Balaban J connectivity index is 0.00000420. The van der Waals surface area contributed by atoms with Gasteiger partial charge >= 0.3 is 6.03 Å². The van der Waals surface area contributed by atoms with Gasteiger partial charge in [-0.05, 0) is 48.9 Å². The Morgan fingerprint density at radius 1 is 0.982 bits per heavy atom. The van der Waals surface area contributed by atoms with Gasteiger partial charge in [-0.2, -0.15) is 0 Å². The highest BCUT2D eigenvalue weighted by Crippen LogP contribution is 2.29. The van der Waals surface area contributed by atoms with E-state index in [-0.39, 0.29) is 70.5 Å². The highest BCUT2D eigenvalue weighted by atomic mass is 16.5. The van der Waals surface area contributed by atoms with Gasteiger partial charge in [0.05, 0.1) is 26.3 Å². The lowest BCUT2D eigenvalue weighted by Gasteiger charge is -2.29. The largest absolute Gasteiger partial charge is 0.470 e. The monoisotopic (exact) mass is 795 g/mol. The van der Waals surface area contributed by atoms with Gasteiger partial charge in [0.25, 0.3) is 11.8 Å². The number of carbonyl (C=O) groups excluding carboxylic acids is 8. The number of hydrogen-bond acceptors (Lipinski definition) is 10. The summed E-state index contributed by atoms with van der Waals surface area (Å²) in [5.74, 6) is -3.64. The fourth-order valence-electron chi connectivity index (χ4n) is 5.04. The number of imide groups is 1. The third-order valence-electron chi connectivity index (χ3n) is 7.98. The zero-order valence-electron chi connectivity index (χ0n) is 33.7. The van der Waals surface area contributed by atoms with Crippen LogP contribution in [0.3, 0.4) is 0 Å². The average molecular weight is 796 g/mol. The molecule has 0 aromatic heterocycles. The fraction of sp³-hybridized carbons (Fsp3) is 0.538. The van der Waals surface area contributed by atoms with Crippen molar-refractivity contribution in [2.45, 2.75) is 91.8 Å². The van der Waals surface area contributed by atoms with E-state index < -0.39 is 54.0 Å². The number of terminal acetylenes is 1. The van der Waals surface area contributed by atoms with Crippen LogP contribution in [0, 0.1) is 18.8 Å². The number of nitrogens with one attached hydrogen (secondary N) is 4. The Morgan fingerprint density at radius 3 is 2.18 bits per heavy atom. The summed E-state index contributed by atoms with van der Waals surface area (Å²) in [6, 6.07) is 3.01. The first kappa shape index (κ1) is 51.3. The maximum absolute atomic E-state index is 13.4. The molecule has 1 fully saturated rings. The summed E-state index contributed by atoms with van der Waals surface area (Å²) in [6.07, 6.45) is 14.5. The number of primary amides is 1. The van der Waals surface area contributed by atoms with Crippen molar-refractivity contribution in [3.05, 3.63) is 41.5 Å². The Hall–Kier alpha value is -5.70. The fourth-order valence-corrected chi connectivity index (χ4v) is 5.04. The molecule has 17 nitrogen and oxygen atoms in total. The Kier molecular flexibility index (Phi) is 26.6. The Labute approximate surface area is 337 Å². The molecule has 1 aromatic rings. The van der Waals surface area contributed by atoms with Crippen molar-refractivity contribution in [1.29, 1.82) is 0 Å². The summed E-state index contributed by atoms with van der Waals surface area (Å²) >= 11 is 0. The number of hydrogen-bond donors (Lipinski definition) is 5. The van der Waals surface area contributed by atoms with Crippen molar-refractivity contribution < 1.29 is 47.8 Å². The van der Waals surface area contributed by atoms with Crippen LogP contribution in [0.15, 0.2) is 30.4 Å². The third-order valence-corrected chi connectivity index (χ3v) is 7.98. The van der Waals surface area contributed by atoms with E-state index in [0.717, 1.165) is 36.3 Å². The lowest BCUT2D eigenvalue weighted by atomic mass is 9.84. The second-order valence-corrected chi connectivity index (χ2v) is 12.5. The van der Waals surface area contributed by atoms with Crippen molar-refractivity contribution >= 4 is 60.9 Å². The molecular formula is C39H58BN7O10. The van der Waals surface area contributed by atoms with Crippen LogP contribution in [0.2, 0.25) is 0 Å². The van der Waals surface area contributed by atoms with Crippen LogP contribution in [0.25, 0.3) is 0 Å². The number of nitrogens with two attached hydrogens (primary N) is 1. The van der Waals surface area contributed by atoms with Crippen LogP contribution in [-0.4, -0.2) is 111 Å². The first-order valence-corrected chi connectivity index (χ1v) is 18.9. The zero-order chi connectivity index (χ0) is 43.3. The molecule has 1 atom stereocenters. The molecule has 6 N–H and O–H groups in total. The minimum absolute atomic E-state index is 0.00917. The molecule has 1 heterocycles. The predicted molar refractivity (Wildman–Crippen MR) is 215 cm³/mol. The maximum atomic E-state index is 13.4. The van der Waals surface area contributed by atoms with E-state index in [4.69, 9.17) is 23.1 Å². The molecule has 1 aromatic carbocycles. The number of rotatable bonds is 20. The lowest BCUT2D eigenvalue weighted by Crippen LogP contribution is -2.47. The quantitative estimate of drug-likeness (QED) is 0.0559. The molecule has 2 radical (unpaired) electrons. The minimum atomic E-state index is -1.08. The van der Waals surface area contributed by atoms with Crippen LogP contribution < -0.4 is 27.0 Å². The molecule has 1 aliphatic carbocycles. The number of urea groups is 1. The molecule has 312 valence electrons. The molecule has 8 amide bonds. The molecule has 3 rings (SSSR count). The van der Waals surface area contributed by atoms with Crippen LogP contribution >= 0.6 is 0 Å². The first-order valence-electron chi connectivity index (χ1n) is 18.9. The normalized spacial score (nSPS) is 13.1. The molecule has 1 saturated carbocycles. The summed E-state index contributed by atoms with van der Waals surface area (Å²) in [5.41, 5.74) is 6.64. The molecule has 0 bridgehead atoms. The Morgan fingerprint density at radius 2 is 1.61 bits per heavy atom. The van der Waals surface area contributed by atoms with Gasteiger partial charge in [0.2, 0.25) is 37.3 Å². The maximum Gasteiger partial charge on any atom is 0.312 e. The standard InChI is InChI=1S/C32H42BN7O10.C3H8.C2H6.C2H2/c1-39(30(46)20-4-2-5-20)18-22-16-23(8-7-21(22)19-50-31(33)47)37-29(45)24(6-3-12-35-32(34)48)38-26(42)17-36-25(41)11-14-49-15-13-40-27(43)9-10-28(40)44;1-3-2;2*1-2/h7-10,16,20,24H,2-6,11-15,17-19H2,1H3,(H,36,41)(H,37,45)(H,38,42)(H3,34,35,48);3H2,1-2H3;1-2H3;1-2H/t24-;;;/m0.../s1. The van der Waals surface area contributed by atoms with E-state index in [0.29, 0.717) is 16.8 Å². The van der Waals surface area contributed by atoms with Gasteiger partial charge in [0.1, 0.15) is 12.6 Å². The smallest absolute Gasteiger partial charge is 0.312 e. The van der Waals surface area contributed by atoms with E-state index >= 15 is 0 Å². The summed E-state index contributed by atoms with van der Waals surface area (Å²) in [6.45, 7) is 8.04. The van der Waals surface area contributed by atoms with Crippen LogP contribution in [0.1, 0.15) is 83.8 Å². The molecule has 2 aliphatic rings. The van der Waals surface area contributed by atoms with Gasteiger partial charge in [0.15, 0.2) is 0 Å². The second-order valence-electron chi connectivity index (χ2n) is 12.5. The number of nitrogens with zero attached hydrogens (tertiary/aromatic N) is 2. The highest BCUT2D eigenvalue weighted by molar-refractivity contribution is 6.55. The number of anilines is 1. The number of ether oxygens (including phenoxy) is 2. The van der Waals surface area contributed by atoms with E-state index in [1.165, 1.54) is 6.42 Å². The number of amides is 8. The Bertz CT molecular complexity index is 1530. The van der Waals surface area contributed by atoms with Crippen LogP contribution in [0.4, 0.5) is 15.3 Å². The van der Waals surface area contributed by atoms with Crippen molar-refractivity contribution in [1.82, 2.24) is 25.8 Å². The third kappa shape index (κ3) is 20.7. The molecule has 1 aliphatic heterocycles. The number of benzene rings is 1. The van der Waals surface area contributed by atoms with E-state index in [2.05, 4.69) is 48.0 Å². The molecule has 0 saturated heterocycles. The van der Waals surface area contributed by atoms with Gasteiger partial charge < -0.3 is 41.4 Å². The van der Waals surface area contributed by atoms with E-state index in [9.17, 15) is 38.4 Å². The van der Waals surface area contributed by atoms with E-state index in [1.54, 1.807) is 30.1 Å². The average Bonchev–Trinajstić information content (AvgIpc) is 3.48. The summed E-state index contributed by atoms with van der Waals surface area (Å²) in [4.78, 5) is 99.2. The summed E-state index contributed by atoms with van der Waals surface area (Å²) < 4.78 is 10.3. The van der Waals surface area contributed by atoms with Crippen molar-refractivity contribution in [2.75, 3.05) is 45.2 Å².